The van der Waals surface area contributed by atoms with E-state index >= 15 is 0 Å². The van der Waals surface area contributed by atoms with Gasteiger partial charge < -0.3 is 15.2 Å². The monoisotopic (exact) mass is 472 g/mol. The third kappa shape index (κ3) is 4.76. The number of piperazine rings is 1. The quantitative estimate of drug-likeness (QED) is 0.572. The maximum Gasteiger partial charge on any atom is 0.246 e. The minimum Gasteiger partial charge on any atom is -0.361 e. The molecule has 3 aromatic rings. The number of amides is 2. The fourth-order valence-electron chi connectivity index (χ4n) is 4.13. The van der Waals surface area contributed by atoms with Gasteiger partial charge in [-0.15, -0.1) is 0 Å². The third-order valence-electron chi connectivity index (χ3n) is 5.78. The average molecular weight is 473 g/mol. The highest BCUT2D eigenvalue weighted by Gasteiger charge is 2.34. The Morgan fingerprint density at radius 3 is 2.42 bits per heavy atom. The number of halogens is 1. The minimum absolute atomic E-state index is 0.0439. The summed E-state index contributed by atoms with van der Waals surface area (Å²) in [6.45, 7) is 1.74. The van der Waals surface area contributed by atoms with Crippen LogP contribution in [0.3, 0.4) is 0 Å². The Bertz CT molecular complexity index is 1280. The number of carbonyl (C=O) groups is 2. The van der Waals surface area contributed by atoms with Gasteiger partial charge in [-0.3, -0.25) is 9.59 Å². The van der Waals surface area contributed by atoms with Crippen LogP contribution in [0.15, 0.2) is 59.6 Å². The summed E-state index contributed by atoms with van der Waals surface area (Å²) in [7, 11) is -4.00. The Balaban J connectivity index is 1.47. The van der Waals surface area contributed by atoms with E-state index in [1.165, 1.54) is 29.4 Å². The molecule has 0 aliphatic carbocycles. The van der Waals surface area contributed by atoms with Crippen LogP contribution in [0, 0.1) is 5.82 Å². The minimum atomic E-state index is -4.00. The number of para-hydroxylation sites is 1. The van der Waals surface area contributed by atoms with Crippen molar-refractivity contribution in [1.29, 1.82) is 0 Å². The number of benzene rings is 2. The molecule has 2 N–H and O–H groups in total. The van der Waals surface area contributed by atoms with Crippen LogP contribution in [0.5, 0.6) is 0 Å². The molecule has 1 aliphatic rings. The van der Waals surface area contributed by atoms with E-state index in [0.29, 0.717) is 6.42 Å². The Labute approximate surface area is 191 Å². The van der Waals surface area contributed by atoms with Crippen molar-refractivity contribution in [3.05, 3.63) is 66.1 Å². The zero-order valence-electron chi connectivity index (χ0n) is 18.1. The molecule has 174 valence electrons. The van der Waals surface area contributed by atoms with E-state index in [4.69, 9.17) is 0 Å². The number of hydrogen-bond donors (Lipinski definition) is 2. The Hall–Kier alpha value is -3.24. The van der Waals surface area contributed by atoms with E-state index in [1.807, 2.05) is 30.5 Å². The summed E-state index contributed by atoms with van der Waals surface area (Å²) in [6.07, 6.45) is 2.13. The molecule has 2 amide bonds. The molecular formula is C23H25FN4O4S. The topological polar surface area (TPSA) is 103 Å². The fourth-order valence-corrected chi connectivity index (χ4v) is 5.62. The lowest BCUT2D eigenvalue weighted by Gasteiger charge is -2.36. The summed E-state index contributed by atoms with van der Waals surface area (Å²) in [5.74, 6) is -1.41. The Morgan fingerprint density at radius 1 is 1.06 bits per heavy atom. The maximum atomic E-state index is 14.1. The lowest BCUT2D eigenvalue weighted by atomic mass is 10.0. The van der Waals surface area contributed by atoms with Gasteiger partial charge >= 0.3 is 0 Å². The number of nitrogens with one attached hydrogen (secondary N) is 2. The Morgan fingerprint density at radius 2 is 1.73 bits per heavy atom. The average Bonchev–Trinajstić information content (AvgIpc) is 3.21. The van der Waals surface area contributed by atoms with Crippen LogP contribution in [0.4, 0.5) is 4.39 Å². The standard InChI is InChI=1S/C23H25FN4O4S/c1-16(29)26-21(14-17-15-25-20-8-4-2-6-18(17)20)23(30)27-10-12-28(13-11-27)33(31,32)22-9-5-3-7-19(22)24/h2-9,15,21,25H,10-14H2,1H3,(H,26,29)/t21-/m1/s1. The summed E-state index contributed by atoms with van der Waals surface area (Å²) in [5.41, 5.74) is 1.84. The lowest BCUT2D eigenvalue weighted by Crippen LogP contribution is -2.56. The van der Waals surface area contributed by atoms with Crippen LogP contribution in [-0.2, 0) is 26.0 Å². The van der Waals surface area contributed by atoms with Crippen molar-refractivity contribution in [2.45, 2.75) is 24.3 Å². The fraction of sp³-hybridized carbons (Fsp3) is 0.304. The SMILES string of the molecule is CC(=O)N[C@H](Cc1c[nH]c2ccccc12)C(=O)N1CCN(S(=O)(=O)c2ccccc2F)CC1. The molecule has 1 atom stereocenters. The summed E-state index contributed by atoms with van der Waals surface area (Å²) in [5, 5.41) is 3.70. The molecule has 0 spiro atoms. The summed E-state index contributed by atoms with van der Waals surface area (Å²) < 4.78 is 40.9. The summed E-state index contributed by atoms with van der Waals surface area (Å²) in [6, 6.07) is 12.2. The zero-order chi connectivity index (χ0) is 23.6. The van der Waals surface area contributed by atoms with Crippen LogP contribution in [-0.4, -0.2) is 66.6 Å². The molecule has 0 unspecified atom stereocenters. The van der Waals surface area contributed by atoms with Gasteiger partial charge in [0.1, 0.15) is 16.8 Å². The van der Waals surface area contributed by atoms with Gasteiger partial charge in [-0.1, -0.05) is 30.3 Å². The molecule has 2 heterocycles. The molecule has 1 saturated heterocycles. The second-order valence-electron chi connectivity index (χ2n) is 7.98. The normalized spacial score (nSPS) is 16.0. The predicted octanol–water partition coefficient (Wildman–Crippen LogP) is 1.89. The largest absolute Gasteiger partial charge is 0.361 e. The van der Waals surface area contributed by atoms with Crippen molar-refractivity contribution < 1.29 is 22.4 Å². The number of fused-ring (bicyclic) bond motifs is 1. The molecule has 1 aliphatic heterocycles. The molecule has 0 bridgehead atoms. The van der Waals surface area contributed by atoms with Gasteiger partial charge in [0.25, 0.3) is 0 Å². The van der Waals surface area contributed by atoms with Crippen LogP contribution >= 0.6 is 0 Å². The van der Waals surface area contributed by atoms with Crippen LogP contribution in [0.2, 0.25) is 0 Å². The highest BCUT2D eigenvalue weighted by atomic mass is 32.2. The predicted molar refractivity (Wildman–Crippen MR) is 121 cm³/mol. The van der Waals surface area contributed by atoms with Gasteiger partial charge in [0.05, 0.1) is 0 Å². The summed E-state index contributed by atoms with van der Waals surface area (Å²) in [4.78, 5) is 29.4. The lowest BCUT2D eigenvalue weighted by molar-refractivity contribution is -0.137. The number of aromatic amines is 1. The molecule has 10 heteroatoms. The first-order chi connectivity index (χ1) is 15.8. The zero-order valence-corrected chi connectivity index (χ0v) is 18.9. The van der Waals surface area contributed by atoms with Gasteiger partial charge in [0.2, 0.25) is 21.8 Å². The molecule has 33 heavy (non-hydrogen) atoms. The first kappa shape index (κ1) is 22.9. The molecule has 0 saturated carbocycles. The second kappa shape index (κ2) is 9.32. The van der Waals surface area contributed by atoms with Gasteiger partial charge in [-0.05, 0) is 23.8 Å². The number of aromatic nitrogens is 1. The number of nitrogens with zero attached hydrogens (tertiary/aromatic N) is 2. The number of hydrogen-bond acceptors (Lipinski definition) is 4. The number of sulfonamides is 1. The van der Waals surface area contributed by atoms with E-state index in [9.17, 15) is 22.4 Å². The first-order valence-corrected chi connectivity index (χ1v) is 12.1. The van der Waals surface area contributed by atoms with Crippen molar-refractivity contribution in [1.82, 2.24) is 19.5 Å². The molecule has 1 aromatic heterocycles. The van der Waals surface area contributed by atoms with E-state index in [-0.39, 0.29) is 42.9 Å². The molecule has 4 rings (SSSR count). The van der Waals surface area contributed by atoms with Crippen molar-refractivity contribution >= 4 is 32.7 Å². The van der Waals surface area contributed by atoms with Crippen molar-refractivity contribution in [2.24, 2.45) is 0 Å². The van der Waals surface area contributed by atoms with Gasteiger partial charge in [0.15, 0.2) is 0 Å². The molecule has 2 aromatic carbocycles. The first-order valence-electron chi connectivity index (χ1n) is 10.6. The maximum absolute atomic E-state index is 14.1. The van der Waals surface area contributed by atoms with Gasteiger partial charge in [-0.25, -0.2) is 12.8 Å². The van der Waals surface area contributed by atoms with E-state index in [2.05, 4.69) is 10.3 Å². The van der Waals surface area contributed by atoms with E-state index < -0.39 is 21.9 Å². The van der Waals surface area contributed by atoms with Gasteiger partial charge in [0, 0.05) is 56.6 Å². The molecule has 0 radical (unpaired) electrons. The molecule has 1 fully saturated rings. The van der Waals surface area contributed by atoms with E-state index in [0.717, 1.165) is 22.5 Å². The van der Waals surface area contributed by atoms with E-state index in [1.54, 1.807) is 4.90 Å². The molecule has 8 nitrogen and oxygen atoms in total. The smallest absolute Gasteiger partial charge is 0.246 e. The van der Waals surface area contributed by atoms with Crippen molar-refractivity contribution in [3.63, 3.8) is 0 Å². The highest BCUT2D eigenvalue weighted by Crippen LogP contribution is 2.22. The van der Waals surface area contributed by atoms with Crippen LogP contribution in [0.1, 0.15) is 12.5 Å². The highest BCUT2D eigenvalue weighted by molar-refractivity contribution is 7.89. The Kier molecular flexibility index (Phi) is 6.48. The second-order valence-corrected chi connectivity index (χ2v) is 9.88. The van der Waals surface area contributed by atoms with Crippen LogP contribution in [0.25, 0.3) is 10.9 Å². The number of rotatable bonds is 6. The molecular weight excluding hydrogens is 447 g/mol. The van der Waals surface area contributed by atoms with Crippen LogP contribution < -0.4 is 5.32 Å². The van der Waals surface area contributed by atoms with Crippen molar-refractivity contribution in [3.8, 4) is 0 Å². The summed E-state index contributed by atoms with van der Waals surface area (Å²) >= 11 is 0. The van der Waals surface area contributed by atoms with Crippen molar-refractivity contribution in [2.75, 3.05) is 26.2 Å². The number of H-pyrrole nitrogens is 1. The third-order valence-corrected chi connectivity index (χ3v) is 7.71. The van der Waals surface area contributed by atoms with Gasteiger partial charge in [-0.2, -0.15) is 4.31 Å². The number of carbonyl (C=O) groups excluding carboxylic acids is 2.